The maximum atomic E-state index is 13.1. The molecule has 0 aromatic heterocycles. The molecule has 4 rings (SSSR count). The van der Waals surface area contributed by atoms with Gasteiger partial charge in [-0.25, -0.2) is 17.7 Å². The lowest BCUT2D eigenvalue weighted by Crippen LogP contribution is -2.35. The zero-order valence-electron chi connectivity index (χ0n) is 18.9. The highest BCUT2D eigenvalue weighted by molar-refractivity contribution is 7.92. The molecule has 0 bridgehead atoms. The highest BCUT2D eigenvalue weighted by Gasteiger charge is 2.40. The third-order valence-corrected chi connectivity index (χ3v) is 7.19. The molecule has 2 amide bonds. The van der Waals surface area contributed by atoms with Gasteiger partial charge in [0, 0.05) is 11.4 Å². The van der Waals surface area contributed by atoms with Crippen LogP contribution in [0.5, 0.6) is 0 Å². The lowest BCUT2D eigenvalue weighted by Gasteiger charge is -2.19. The predicted octanol–water partition coefficient (Wildman–Crippen LogP) is 4.30. The minimum Gasteiger partial charge on any atom is -0.373 e. The van der Waals surface area contributed by atoms with Crippen molar-refractivity contribution in [1.29, 1.82) is 0 Å². The van der Waals surface area contributed by atoms with Crippen molar-refractivity contribution in [2.75, 3.05) is 14.9 Å². The van der Waals surface area contributed by atoms with Crippen molar-refractivity contribution in [3.8, 4) is 0 Å². The van der Waals surface area contributed by atoms with Crippen LogP contribution in [0.3, 0.4) is 0 Å². The van der Waals surface area contributed by atoms with Crippen LogP contribution in [0.1, 0.15) is 23.1 Å². The first kappa shape index (κ1) is 23.4. The molecule has 1 heterocycles. The summed E-state index contributed by atoms with van der Waals surface area (Å²) in [6.07, 6.45) is -0.0456. The van der Waals surface area contributed by atoms with E-state index >= 15 is 0 Å². The number of carbonyl (C=O) groups is 2. The standard InChI is InChI=1S/C25H24FN3O4S/c1-15-4-5-16(2)22(12-15)29-24(30)14-21(25(29)31)27-20-9-6-17(3)23(13-20)34(32,33)28-19-10-7-18(26)8-11-19/h4-13,21,27-28H,14H2,1-3H3/t21-/m0/s1. The molecule has 1 aliphatic heterocycles. The Bertz CT molecular complexity index is 1390. The smallest absolute Gasteiger partial charge is 0.262 e. The van der Waals surface area contributed by atoms with Crippen molar-refractivity contribution in [3.05, 3.63) is 83.2 Å². The van der Waals surface area contributed by atoms with Gasteiger partial charge in [0.15, 0.2) is 0 Å². The van der Waals surface area contributed by atoms with E-state index in [1.807, 2.05) is 26.0 Å². The van der Waals surface area contributed by atoms with E-state index in [0.717, 1.165) is 23.3 Å². The van der Waals surface area contributed by atoms with Crippen molar-refractivity contribution >= 4 is 38.9 Å². The second-order valence-corrected chi connectivity index (χ2v) is 10.0. The highest BCUT2D eigenvalue weighted by atomic mass is 32.2. The first-order chi connectivity index (χ1) is 16.0. The SMILES string of the molecule is Cc1ccc(C)c(N2C(=O)C[C@H](Nc3ccc(C)c(S(=O)(=O)Nc4ccc(F)cc4)c3)C2=O)c1. The molecule has 1 atom stereocenters. The Morgan fingerprint density at radius 1 is 0.882 bits per heavy atom. The van der Waals surface area contributed by atoms with Gasteiger partial charge in [-0.3, -0.25) is 14.3 Å². The van der Waals surface area contributed by atoms with Crippen LogP contribution in [0.15, 0.2) is 65.6 Å². The molecule has 176 valence electrons. The Balaban J connectivity index is 1.57. The van der Waals surface area contributed by atoms with Crippen LogP contribution < -0.4 is 14.9 Å². The van der Waals surface area contributed by atoms with E-state index in [2.05, 4.69) is 10.0 Å². The lowest BCUT2D eigenvalue weighted by molar-refractivity contribution is -0.121. The van der Waals surface area contributed by atoms with Crippen LogP contribution in [-0.2, 0) is 19.6 Å². The van der Waals surface area contributed by atoms with E-state index in [-0.39, 0.29) is 22.9 Å². The summed E-state index contributed by atoms with van der Waals surface area (Å²) in [5.74, 6) is -1.20. The molecule has 2 N–H and O–H groups in total. The first-order valence-electron chi connectivity index (χ1n) is 10.6. The number of nitrogens with zero attached hydrogens (tertiary/aromatic N) is 1. The van der Waals surface area contributed by atoms with E-state index < -0.39 is 27.8 Å². The monoisotopic (exact) mass is 481 g/mol. The number of nitrogens with one attached hydrogen (secondary N) is 2. The van der Waals surface area contributed by atoms with Crippen molar-refractivity contribution in [1.82, 2.24) is 0 Å². The summed E-state index contributed by atoms with van der Waals surface area (Å²) >= 11 is 0. The van der Waals surface area contributed by atoms with Crippen molar-refractivity contribution in [2.24, 2.45) is 0 Å². The number of carbonyl (C=O) groups excluding carboxylic acids is 2. The predicted molar refractivity (Wildman–Crippen MR) is 129 cm³/mol. The van der Waals surface area contributed by atoms with E-state index in [1.165, 1.54) is 23.1 Å². The molecule has 3 aromatic carbocycles. The summed E-state index contributed by atoms with van der Waals surface area (Å²) in [6, 6.07) is 14.4. The average molecular weight is 482 g/mol. The Hall–Kier alpha value is -3.72. The van der Waals surface area contributed by atoms with Gasteiger partial charge >= 0.3 is 0 Å². The normalized spacial score (nSPS) is 16.1. The summed E-state index contributed by atoms with van der Waals surface area (Å²) in [5, 5.41) is 3.01. The van der Waals surface area contributed by atoms with Gasteiger partial charge in [0.2, 0.25) is 5.91 Å². The largest absolute Gasteiger partial charge is 0.373 e. The van der Waals surface area contributed by atoms with E-state index in [0.29, 0.717) is 16.9 Å². The van der Waals surface area contributed by atoms with E-state index in [4.69, 9.17) is 0 Å². The molecule has 1 saturated heterocycles. The molecule has 9 heteroatoms. The fourth-order valence-corrected chi connectivity index (χ4v) is 5.20. The van der Waals surface area contributed by atoms with Crippen molar-refractivity contribution < 1.29 is 22.4 Å². The summed E-state index contributed by atoms with van der Waals surface area (Å²) in [6.45, 7) is 5.37. The van der Waals surface area contributed by atoms with Gasteiger partial charge in [-0.15, -0.1) is 0 Å². The van der Waals surface area contributed by atoms with Gasteiger partial charge in [0.25, 0.3) is 15.9 Å². The first-order valence-corrected chi connectivity index (χ1v) is 12.1. The van der Waals surface area contributed by atoms with Gasteiger partial charge in [0.05, 0.1) is 17.0 Å². The molecule has 0 radical (unpaired) electrons. The fraction of sp³-hybridized carbons (Fsp3) is 0.200. The molecular weight excluding hydrogens is 457 g/mol. The molecular formula is C25H24FN3O4S. The maximum Gasteiger partial charge on any atom is 0.262 e. The van der Waals surface area contributed by atoms with Gasteiger partial charge in [0.1, 0.15) is 11.9 Å². The van der Waals surface area contributed by atoms with E-state index in [9.17, 15) is 22.4 Å². The third-order valence-electron chi connectivity index (χ3n) is 5.67. The fourth-order valence-electron chi connectivity index (χ4n) is 3.87. The quantitative estimate of drug-likeness (QED) is 0.512. The Morgan fingerprint density at radius 3 is 2.24 bits per heavy atom. The lowest BCUT2D eigenvalue weighted by atomic mass is 10.1. The van der Waals surface area contributed by atoms with Crippen LogP contribution in [0.4, 0.5) is 21.5 Å². The second-order valence-electron chi connectivity index (χ2n) is 8.35. The number of anilines is 3. The van der Waals surface area contributed by atoms with E-state index in [1.54, 1.807) is 25.1 Å². The highest BCUT2D eigenvalue weighted by Crippen LogP contribution is 2.30. The van der Waals surface area contributed by atoms with Gasteiger partial charge < -0.3 is 5.32 Å². The number of imide groups is 1. The number of hydrogen-bond donors (Lipinski definition) is 2. The summed E-state index contributed by atoms with van der Waals surface area (Å²) in [4.78, 5) is 27.0. The number of halogens is 1. The molecule has 7 nitrogen and oxygen atoms in total. The average Bonchev–Trinajstić information content (AvgIpc) is 3.05. The minimum atomic E-state index is -3.98. The molecule has 0 unspecified atom stereocenters. The Morgan fingerprint density at radius 2 is 1.53 bits per heavy atom. The molecule has 1 aliphatic rings. The molecule has 1 fully saturated rings. The number of amides is 2. The molecule has 3 aromatic rings. The van der Waals surface area contributed by atoms with Crippen LogP contribution in [-0.4, -0.2) is 26.3 Å². The van der Waals surface area contributed by atoms with Gasteiger partial charge in [-0.2, -0.15) is 0 Å². The molecule has 34 heavy (non-hydrogen) atoms. The van der Waals surface area contributed by atoms with Gasteiger partial charge in [-0.05, 0) is 79.9 Å². The third kappa shape index (κ3) is 4.65. The number of sulfonamides is 1. The van der Waals surface area contributed by atoms with Crippen molar-refractivity contribution in [3.63, 3.8) is 0 Å². The Labute approximate surface area is 197 Å². The topological polar surface area (TPSA) is 95.6 Å². The summed E-state index contributed by atoms with van der Waals surface area (Å²) < 4.78 is 41.5. The summed E-state index contributed by atoms with van der Waals surface area (Å²) in [7, 11) is -3.98. The maximum absolute atomic E-state index is 13.1. The number of aryl methyl sites for hydroxylation is 3. The summed E-state index contributed by atoms with van der Waals surface area (Å²) in [5.41, 5.74) is 3.39. The zero-order chi connectivity index (χ0) is 24.6. The molecule has 0 aliphatic carbocycles. The molecule has 0 saturated carbocycles. The van der Waals surface area contributed by atoms with Crippen LogP contribution in [0.2, 0.25) is 0 Å². The minimum absolute atomic E-state index is 0.00461. The van der Waals surface area contributed by atoms with Crippen molar-refractivity contribution in [2.45, 2.75) is 38.1 Å². The Kier molecular flexibility index (Phi) is 6.14. The zero-order valence-corrected chi connectivity index (χ0v) is 19.7. The number of hydrogen-bond acceptors (Lipinski definition) is 5. The number of rotatable bonds is 6. The van der Waals surface area contributed by atoms with Crippen LogP contribution in [0, 0.1) is 26.6 Å². The van der Waals surface area contributed by atoms with Crippen LogP contribution in [0.25, 0.3) is 0 Å². The second kappa shape index (κ2) is 8.90. The van der Waals surface area contributed by atoms with Crippen LogP contribution >= 0.6 is 0 Å². The molecule has 0 spiro atoms. The van der Waals surface area contributed by atoms with Gasteiger partial charge in [-0.1, -0.05) is 18.2 Å². The number of benzene rings is 3.